The molecule has 11 heavy (non-hydrogen) atoms. The summed E-state index contributed by atoms with van der Waals surface area (Å²) in [6.45, 7) is 1.63. The molecule has 0 aromatic heterocycles. The first kappa shape index (κ1) is 8.82. The minimum atomic E-state index is -0.299. The molecule has 0 unspecified atom stereocenters. The third-order valence-electron chi connectivity index (χ3n) is 1.54. The Balaban J connectivity index is 3.25. The van der Waals surface area contributed by atoms with Gasteiger partial charge in [0.05, 0.1) is 5.88 Å². The van der Waals surface area contributed by atoms with Gasteiger partial charge in [-0.2, -0.15) is 0 Å². The molecular weight excluding hydrogens is 186 g/mol. The molecule has 0 aliphatic carbocycles. The number of alkyl halides is 1. The second-order valence-electron chi connectivity index (χ2n) is 2.28. The van der Waals surface area contributed by atoms with Gasteiger partial charge in [0.15, 0.2) is 0 Å². The lowest BCUT2D eigenvalue weighted by Gasteiger charge is -2.02. The molecule has 1 rings (SSSR count). The Labute approximate surface area is 74.9 Å². The molecule has 1 aromatic carbocycles. The van der Waals surface area contributed by atoms with E-state index in [-0.39, 0.29) is 11.7 Å². The van der Waals surface area contributed by atoms with E-state index in [1.54, 1.807) is 19.1 Å². The van der Waals surface area contributed by atoms with Crippen molar-refractivity contribution in [3.8, 4) is 0 Å². The van der Waals surface area contributed by atoms with E-state index >= 15 is 0 Å². The molecule has 60 valence electrons. The lowest BCUT2D eigenvalue weighted by Crippen LogP contribution is -1.90. The van der Waals surface area contributed by atoms with E-state index in [9.17, 15) is 4.39 Å². The first-order valence-corrected chi connectivity index (χ1v) is 4.07. The molecular formula is C8H7Cl2F. The molecule has 0 atom stereocenters. The Morgan fingerprint density at radius 1 is 1.45 bits per heavy atom. The fraction of sp³-hybridized carbons (Fsp3) is 0.250. The Kier molecular flexibility index (Phi) is 2.74. The SMILES string of the molecule is Cc1c(Cl)ccc(CCl)c1F. The molecule has 0 radical (unpaired) electrons. The number of rotatable bonds is 1. The van der Waals surface area contributed by atoms with Crippen LogP contribution in [-0.4, -0.2) is 0 Å². The van der Waals surface area contributed by atoms with Crippen molar-refractivity contribution in [1.82, 2.24) is 0 Å². The molecule has 0 aliphatic rings. The van der Waals surface area contributed by atoms with Crippen molar-refractivity contribution in [2.75, 3.05) is 0 Å². The summed E-state index contributed by atoms with van der Waals surface area (Å²) in [5.74, 6) is -0.114. The van der Waals surface area contributed by atoms with Gasteiger partial charge in [-0.05, 0) is 13.0 Å². The van der Waals surface area contributed by atoms with Crippen LogP contribution in [0.15, 0.2) is 12.1 Å². The molecule has 1 aromatic rings. The quantitative estimate of drug-likeness (QED) is 0.598. The molecule has 0 N–H and O–H groups in total. The highest BCUT2D eigenvalue weighted by Gasteiger charge is 2.06. The third kappa shape index (κ3) is 1.66. The van der Waals surface area contributed by atoms with Gasteiger partial charge in [0.1, 0.15) is 5.82 Å². The number of hydrogen-bond donors (Lipinski definition) is 0. The molecule has 0 heterocycles. The summed E-state index contributed by atoms with van der Waals surface area (Å²) in [6, 6.07) is 3.25. The first-order valence-electron chi connectivity index (χ1n) is 3.16. The minimum absolute atomic E-state index is 0.184. The summed E-state index contributed by atoms with van der Waals surface area (Å²) in [5.41, 5.74) is 0.957. The van der Waals surface area contributed by atoms with Crippen LogP contribution in [0, 0.1) is 12.7 Å². The van der Waals surface area contributed by atoms with Gasteiger partial charge in [0, 0.05) is 16.1 Å². The highest BCUT2D eigenvalue weighted by molar-refractivity contribution is 6.31. The van der Waals surface area contributed by atoms with Crippen LogP contribution in [0.4, 0.5) is 4.39 Å². The van der Waals surface area contributed by atoms with Crippen molar-refractivity contribution < 1.29 is 4.39 Å². The number of benzene rings is 1. The van der Waals surface area contributed by atoms with Gasteiger partial charge in [-0.3, -0.25) is 0 Å². The van der Waals surface area contributed by atoms with Crippen molar-refractivity contribution in [2.45, 2.75) is 12.8 Å². The van der Waals surface area contributed by atoms with Crippen molar-refractivity contribution in [2.24, 2.45) is 0 Å². The van der Waals surface area contributed by atoms with Crippen LogP contribution in [0.2, 0.25) is 5.02 Å². The largest absolute Gasteiger partial charge is 0.206 e. The van der Waals surface area contributed by atoms with Crippen LogP contribution in [0.1, 0.15) is 11.1 Å². The van der Waals surface area contributed by atoms with E-state index in [0.717, 1.165) is 0 Å². The molecule has 0 spiro atoms. The zero-order valence-electron chi connectivity index (χ0n) is 6.00. The van der Waals surface area contributed by atoms with Crippen LogP contribution in [0.5, 0.6) is 0 Å². The minimum Gasteiger partial charge on any atom is -0.206 e. The molecule has 0 amide bonds. The van der Waals surface area contributed by atoms with E-state index < -0.39 is 0 Å². The van der Waals surface area contributed by atoms with E-state index in [4.69, 9.17) is 23.2 Å². The summed E-state index contributed by atoms with van der Waals surface area (Å²) >= 11 is 11.1. The third-order valence-corrected chi connectivity index (χ3v) is 2.24. The van der Waals surface area contributed by atoms with Crippen molar-refractivity contribution in [3.63, 3.8) is 0 Å². The summed E-state index contributed by atoms with van der Waals surface area (Å²) < 4.78 is 13.1. The van der Waals surface area contributed by atoms with E-state index in [0.29, 0.717) is 16.1 Å². The highest BCUT2D eigenvalue weighted by Crippen LogP contribution is 2.21. The fourth-order valence-corrected chi connectivity index (χ4v) is 1.17. The van der Waals surface area contributed by atoms with E-state index in [1.165, 1.54) is 0 Å². The molecule has 3 heteroatoms. The maximum absolute atomic E-state index is 13.1. The molecule has 0 aliphatic heterocycles. The summed E-state index contributed by atoms with van der Waals surface area (Å²) in [6.07, 6.45) is 0. The fourth-order valence-electron chi connectivity index (χ4n) is 0.821. The van der Waals surface area contributed by atoms with Gasteiger partial charge in [-0.1, -0.05) is 17.7 Å². The highest BCUT2D eigenvalue weighted by atomic mass is 35.5. The summed E-state index contributed by atoms with van der Waals surface area (Å²) in [7, 11) is 0. The second kappa shape index (κ2) is 3.42. The Morgan fingerprint density at radius 2 is 2.09 bits per heavy atom. The predicted octanol–water partition coefficient (Wildman–Crippen LogP) is 3.53. The Morgan fingerprint density at radius 3 is 2.64 bits per heavy atom. The van der Waals surface area contributed by atoms with Crippen LogP contribution in [0.3, 0.4) is 0 Å². The summed E-state index contributed by atoms with van der Waals surface area (Å²) in [4.78, 5) is 0. The van der Waals surface area contributed by atoms with Gasteiger partial charge < -0.3 is 0 Å². The monoisotopic (exact) mass is 192 g/mol. The standard InChI is InChI=1S/C8H7Cl2F/c1-5-7(10)3-2-6(4-9)8(5)11/h2-3H,4H2,1H3. The van der Waals surface area contributed by atoms with Crippen LogP contribution in [-0.2, 0) is 5.88 Å². The van der Waals surface area contributed by atoms with Gasteiger partial charge in [0.2, 0.25) is 0 Å². The Bertz CT molecular complexity index is 271. The average molecular weight is 193 g/mol. The predicted molar refractivity (Wildman–Crippen MR) is 45.7 cm³/mol. The lowest BCUT2D eigenvalue weighted by atomic mass is 10.1. The number of halogens is 3. The molecule has 0 saturated heterocycles. The zero-order valence-corrected chi connectivity index (χ0v) is 7.51. The number of hydrogen-bond acceptors (Lipinski definition) is 0. The molecule has 0 saturated carbocycles. The lowest BCUT2D eigenvalue weighted by molar-refractivity contribution is 0.608. The van der Waals surface area contributed by atoms with Crippen molar-refractivity contribution in [3.05, 3.63) is 34.1 Å². The normalized spacial score (nSPS) is 10.2. The van der Waals surface area contributed by atoms with Crippen LogP contribution in [0.25, 0.3) is 0 Å². The van der Waals surface area contributed by atoms with Crippen molar-refractivity contribution in [1.29, 1.82) is 0 Å². The van der Waals surface area contributed by atoms with Crippen molar-refractivity contribution >= 4 is 23.2 Å². The molecule has 0 bridgehead atoms. The van der Waals surface area contributed by atoms with Crippen LogP contribution < -0.4 is 0 Å². The maximum atomic E-state index is 13.1. The van der Waals surface area contributed by atoms with E-state index in [2.05, 4.69) is 0 Å². The zero-order chi connectivity index (χ0) is 8.43. The maximum Gasteiger partial charge on any atom is 0.131 e. The van der Waals surface area contributed by atoms with Gasteiger partial charge in [-0.15, -0.1) is 11.6 Å². The topological polar surface area (TPSA) is 0 Å². The van der Waals surface area contributed by atoms with Crippen LogP contribution >= 0.6 is 23.2 Å². The first-order chi connectivity index (χ1) is 5.16. The van der Waals surface area contributed by atoms with Gasteiger partial charge in [0.25, 0.3) is 0 Å². The summed E-state index contributed by atoms with van der Waals surface area (Å²) in [5, 5.41) is 0.441. The van der Waals surface area contributed by atoms with Gasteiger partial charge >= 0.3 is 0 Å². The van der Waals surface area contributed by atoms with Gasteiger partial charge in [-0.25, -0.2) is 4.39 Å². The average Bonchev–Trinajstić information content (AvgIpc) is 2.01. The smallest absolute Gasteiger partial charge is 0.131 e. The second-order valence-corrected chi connectivity index (χ2v) is 2.95. The Hall–Kier alpha value is -0.270. The molecule has 0 nitrogen and oxygen atoms in total. The van der Waals surface area contributed by atoms with E-state index in [1.807, 2.05) is 0 Å². The molecule has 0 fully saturated rings.